The SMILES string of the molecule is CN1CC(Cn2cncc(-c3ccc(C(F)(F)F)cc3O)c2=O)CC1=O. The third-order valence-corrected chi connectivity index (χ3v) is 4.39. The van der Waals surface area contributed by atoms with Gasteiger partial charge in [-0.05, 0) is 18.2 Å². The zero-order valence-electron chi connectivity index (χ0n) is 13.8. The number of likely N-dealkylation sites (tertiary alicyclic amines) is 1. The molecule has 1 saturated heterocycles. The van der Waals surface area contributed by atoms with Crippen molar-refractivity contribution in [2.24, 2.45) is 5.92 Å². The fourth-order valence-corrected chi connectivity index (χ4v) is 3.06. The summed E-state index contributed by atoms with van der Waals surface area (Å²) in [6, 6.07) is 2.43. The lowest BCUT2D eigenvalue weighted by Crippen LogP contribution is -2.26. The van der Waals surface area contributed by atoms with E-state index in [-0.39, 0.29) is 29.5 Å². The molecule has 26 heavy (non-hydrogen) atoms. The van der Waals surface area contributed by atoms with E-state index in [0.717, 1.165) is 12.1 Å². The third kappa shape index (κ3) is 3.42. The van der Waals surface area contributed by atoms with Crippen LogP contribution in [0.5, 0.6) is 5.75 Å². The second kappa shape index (κ2) is 6.47. The first kappa shape index (κ1) is 18.0. The summed E-state index contributed by atoms with van der Waals surface area (Å²) in [5, 5.41) is 9.95. The second-order valence-electron chi connectivity index (χ2n) is 6.34. The first-order valence-corrected chi connectivity index (χ1v) is 7.86. The number of halogens is 3. The molecule has 138 valence electrons. The number of aromatic hydroxyl groups is 1. The highest BCUT2D eigenvalue weighted by atomic mass is 19.4. The zero-order chi connectivity index (χ0) is 19.1. The number of nitrogens with zero attached hydrogens (tertiary/aromatic N) is 3. The Morgan fingerprint density at radius 3 is 2.58 bits per heavy atom. The molecule has 0 bridgehead atoms. The molecule has 1 amide bonds. The molecule has 9 heteroatoms. The Bertz CT molecular complexity index is 908. The normalized spacial score (nSPS) is 17.8. The van der Waals surface area contributed by atoms with Crippen molar-refractivity contribution < 1.29 is 23.1 Å². The molecule has 1 fully saturated rings. The van der Waals surface area contributed by atoms with Crippen molar-refractivity contribution in [2.75, 3.05) is 13.6 Å². The van der Waals surface area contributed by atoms with Crippen LogP contribution in [0.3, 0.4) is 0 Å². The Morgan fingerprint density at radius 2 is 2.00 bits per heavy atom. The lowest BCUT2D eigenvalue weighted by Gasteiger charge is -2.14. The average molecular weight is 367 g/mol. The summed E-state index contributed by atoms with van der Waals surface area (Å²) in [4.78, 5) is 29.8. The summed E-state index contributed by atoms with van der Waals surface area (Å²) in [5.41, 5.74) is -1.52. The van der Waals surface area contributed by atoms with Crippen molar-refractivity contribution in [1.82, 2.24) is 14.5 Å². The lowest BCUT2D eigenvalue weighted by atomic mass is 10.0. The lowest BCUT2D eigenvalue weighted by molar-refractivity contribution is -0.137. The predicted molar refractivity (Wildman–Crippen MR) is 86.3 cm³/mol. The van der Waals surface area contributed by atoms with Crippen LogP contribution in [0.1, 0.15) is 12.0 Å². The van der Waals surface area contributed by atoms with E-state index in [1.165, 1.54) is 17.1 Å². The molecule has 1 atom stereocenters. The van der Waals surface area contributed by atoms with Gasteiger partial charge in [0, 0.05) is 44.2 Å². The molecule has 1 aliphatic heterocycles. The number of aromatic nitrogens is 2. The quantitative estimate of drug-likeness (QED) is 0.902. The summed E-state index contributed by atoms with van der Waals surface area (Å²) in [6.07, 6.45) is -1.76. The first-order chi connectivity index (χ1) is 12.2. The Kier molecular flexibility index (Phi) is 4.47. The largest absolute Gasteiger partial charge is 0.507 e. The van der Waals surface area contributed by atoms with Crippen LogP contribution >= 0.6 is 0 Å². The van der Waals surface area contributed by atoms with Gasteiger partial charge in [0.25, 0.3) is 5.56 Å². The average Bonchev–Trinajstić information content (AvgIpc) is 2.87. The van der Waals surface area contributed by atoms with Crippen molar-refractivity contribution >= 4 is 5.91 Å². The van der Waals surface area contributed by atoms with E-state index >= 15 is 0 Å². The molecule has 0 aliphatic carbocycles. The summed E-state index contributed by atoms with van der Waals surface area (Å²) in [6.45, 7) is 0.776. The van der Waals surface area contributed by atoms with Crippen molar-refractivity contribution in [3.63, 3.8) is 0 Å². The minimum absolute atomic E-state index is 0.00333. The van der Waals surface area contributed by atoms with E-state index in [1.54, 1.807) is 11.9 Å². The summed E-state index contributed by atoms with van der Waals surface area (Å²) < 4.78 is 39.5. The first-order valence-electron chi connectivity index (χ1n) is 7.86. The van der Waals surface area contributed by atoms with Gasteiger partial charge in [-0.25, -0.2) is 4.98 Å². The van der Waals surface area contributed by atoms with Gasteiger partial charge in [-0.1, -0.05) is 0 Å². The van der Waals surface area contributed by atoms with Crippen LogP contribution in [0.15, 0.2) is 35.5 Å². The molecule has 1 unspecified atom stereocenters. The van der Waals surface area contributed by atoms with E-state index in [4.69, 9.17) is 0 Å². The van der Waals surface area contributed by atoms with E-state index in [9.17, 15) is 27.9 Å². The fraction of sp³-hybridized carbons (Fsp3) is 0.353. The van der Waals surface area contributed by atoms with Crippen LogP contribution in [0, 0.1) is 5.92 Å². The van der Waals surface area contributed by atoms with Gasteiger partial charge < -0.3 is 10.0 Å². The fourth-order valence-electron chi connectivity index (χ4n) is 3.06. The Morgan fingerprint density at radius 1 is 1.27 bits per heavy atom. The highest BCUT2D eigenvalue weighted by Gasteiger charge is 2.31. The standard InChI is InChI=1S/C17H16F3N3O3/c1-22-7-10(4-15(22)25)8-23-9-21-6-13(16(23)26)12-3-2-11(5-14(12)24)17(18,19)20/h2-3,5-6,9-10,24H,4,7-8H2,1H3. The Hall–Kier alpha value is -2.84. The smallest absolute Gasteiger partial charge is 0.416 e. The highest BCUT2D eigenvalue weighted by molar-refractivity contribution is 5.78. The topological polar surface area (TPSA) is 75.4 Å². The van der Waals surface area contributed by atoms with E-state index in [2.05, 4.69) is 4.98 Å². The van der Waals surface area contributed by atoms with Gasteiger partial charge >= 0.3 is 6.18 Å². The number of hydrogen-bond donors (Lipinski definition) is 1. The van der Waals surface area contributed by atoms with Crippen LogP contribution < -0.4 is 5.56 Å². The molecule has 1 N–H and O–H groups in total. The molecule has 1 aliphatic rings. The minimum atomic E-state index is -4.59. The van der Waals surface area contributed by atoms with Gasteiger partial charge in [0.2, 0.25) is 5.91 Å². The zero-order valence-corrected chi connectivity index (χ0v) is 13.8. The Balaban J connectivity index is 1.93. The van der Waals surface area contributed by atoms with Crippen LogP contribution in [0.25, 0.3) is 11.1 Å². The van der Waals surface area contributed by atoms with Gasteiger partial charge in [0.1, 0.15) is 5.75 Å². The number of hydrogen-bond acceptors (Lipinski definition) is 4. The maximum atomic E-state index is 12.7. The molecule has 0 spiro atoms. The summed E-state index contributed by atoms with van der Waals surface area (Å²) >= 11 is 0. The molecule has 6 nitrogen and oxygen atoms in total. The van der Waals surface area contributed by atoms with Gasteiger partial charge in [-0.15, -0.1) is 0 Å². The maximum absolute atomic E-state index is 12.7. The molecular weight excluding hydrogens is 351 g/mol. The van der Waals surface area contributed by atoms with Gasteiger partial charge in [0.15, 0.2) is 0 Å². The molecule has 2 aromatic rings. The number of benzene rings is 1. The van der Waals surface area contributed by atoms with Crippen molar-refractivity contribution in [1.29, 1.82) is 0 Å². The number of carbonyl (C=O) groups is 1. The van der Waals surface area contributed by atoms with E-state index in [0.29, 0.717) is 19.0 Å². The third-order valence-electron chi connectivity index (χ3n) is 4.39. The number of amides is 1. The molecular formula is C17H16F3N3O3. The van der Waals surface area contributed by atoms with E-state index < -0.39 is 23.0 Å². The van der Waals surface area contributed by atoms with Crippen LogP contribution in [-0.2, 0) is 17.5 Å². The number of phenols is 1. The van der Waals surface area contributed by atoms with Gasteiger partial charge in [-0.3, -0.25) is 14.2 Å². The summed E-state index contributed by atoms with van der Waals surface area (Å²) in [5.74, 6) is -0.705. The van der Waals surface area contributed by atoms with Crippen LogP contribution in [0.2, 0.25) is 0 Å². The number of rotatable bonds is 3. The monoisotopic (exact) mass is 367 g/mol. The number of phenolic OH excluding ortho intramolecular Hbond substituents is 1. The van der Waals surface area contributed by atoms with Crippen molar-refractivity contribution in [2.45, 2.75) is 19.1 Å². The van der Waals surface area contributed by atoms with Crippen molar-refractivity contribution in [3.05, 3.63) is 46.6 Å². The van der Waals surface area contributed by atoms with E-state index in [1.807, 2.05) is 0 Å². The maximum Gasteiger partial charge on any atom is 0.416 e. The number of carbonyl (C=O) groups excluding carboxylic acids is 1. The van der Waals surface area contributed by atoms with Crippen LogP contribution in [0.4, 0.5) is 13.2 Å². The summed E-state index contributed by atoms with van der Waals surface area (Å²) in [7, 11) is 1.68. The predicted octanol–water partition coefficient (Wildman–Crippen LogP) is 2.11. The molecule has 1 aromatic carbocycles. The minimum Gasteiger partial charge on any atom is -0.507 e. The van der Waals surface area contributed by atoms with Gasteiger partial charge in [0.05, 0.1) is 17.5 Å². The highest BCUT2D eigenvalue weighted by Crippen LogP contribution is 2.35. The van der Waals surface area contributed by atoms with Crippen molar-refractivity contribution in [3.8, 4) is 16.9 Å². The number of alkyl halides is 3. The van der Waals surface area contributed by atoms with Crippen LogP contribution in [-0.4, -0.2) is 39.1 Å². The molecule has 3 rings (SSSR count). The van der Waals surface area contributed by atoms with Gasteiger partial charge in [-0.2, -0.15) is 13.2 Å². The second-order valence-corrected chi connectivity index (χ2v) is 6.34. The molecule has 1 aromatic heterocycles. The molecule has 0 saturated carbocycles. The molecule has 0 radical (unpaired) electrons. The molecule has 2 heterocycles. The Labute approximate surface area is 146 Å².